The molecule has 4 atom stereocenters. The molecule has 0 radical (unpaired) electrons. The molecule has 9 heteroatoms. The number of urea groups is 1. The first-order valence-corrected chi connectivity index (χ1v) is 12.3. The Labute approximate surface area is 204 Å². The van der Waals surface area contributed by atoms with E-state index in [1.807, 2.05) is 45.0 Å². The van der Waals surface area contributed by atoms with E-state index >= 15 is 0 Å². The van der Waals surface area contributed by atoms with Gasteiger partial charge in [-0.05, 0) is 43.2 Å². The van der Waals surface area contributed by atoms with Crippen molar-refractivity contribution in [2.75, 3.05) is 6.54 Å². The smallest absolute Gasteiger partial charge is 0.328 e. The molecule has 0 aliphatic carbocycles. The highest BCUT2D eigenvalue weighted by Gasteiger charge is 2.60. The number of aromatic amines is 1. The lowest BCUT2D eigenvalue weighted by atomic mass is 9.86. The minimum absolute atomic E-state index is 0.00713. The molecule has 3 heterocycles. The number of rotatable bonds is 8. The Morgan fingerprint density at radius 3 is 2.51 bits per heavy atom. The Bertz CT molecular complexity index is 1190. The first kappa shape index (κ1) is 24.8. The third kappa shape index (κ3) is 3.86. The summed E-state index contributed by atoms with van der Waals surface area (Å²) in [5.74, 6) is -2.53. The standard InChI is InChI=1S/C26H34N4O5/c1-6-15(4)20(23(32)33)28-22(31)19(13-14(2)3)30-24(34)26(5)21-17(11-12-29(26)25(30)35)16-9-7-8-10-18(16)27-21/h7-10,14-15,19-20,27H,6,11-13H2,1-5H3,(H,28,31)(H,32,33)/t15-,19+,20+,26+/m1/s1. The lowest BCUT2D eigenvalue weighted by Crippen LogP contribution is -2.55. The fourth-order valence-electron chi connectivity index (χ4n) is 5.40. The van der Waals surface area contributed by atoms with Crippen LogP contribution in [0.2, 0.25) is 0 Å². The number of nitrogens with one attached hydrogen (secondary N) is 2. The van der Waals surface area contributed by atoms with Gasteiger partial charge in [-0.3, -0.25) is 9.59 Å². The Hall–Kier alpha value is -3.36. The summed E-state index contributed by atoms with van der Waals surface area (Å²) < 4.78 is 0. The van der Waals surface area contributed by atoms with Gasteiger partial charge in [0.05, 0.1) is 5.69 Å². The third-order valence-electron chi connectivity index (χ3n) is 7.58. The molecule has 9 nitrogen and oxygen atoms in total. The molecular formula is C26H34N4O5. The molecule has 0 spiro atoms. The van der Waals surface area contributed by atoms with Gasteiger partial charge in [0.2, 0.25) is 5.91 Å². The quantitative estimate of drug-likeness (QED) is 0.499. The van der Waals surface area contributed by atoms with Crippen molar-refractivity contribution in [3.05, 3.63) is 35.5 Å². The molecule has 2 aliphatic rings. The van der Waals surface area contributed by atoms with Gasteiger partial charge in [0.25, 0.3) is 5.91 Å². The predicted molar refractivity (Wildman–Crippen MR) is 131 cm³/mol. The molecule has 1 saturated heterocycles. The maximum atomic E-state index is 14.0. The third-order valence-corrected chi connectivity index (χ3v) is 7.58. The number of aromatic nitrogens is 1. The molecule has 0 saturated carbocycles. The maximum Gasteiger partial charge on any atom is 0.328 e. The number of aliphatic carboxylic acids is 1. The summed E-state index contributed by atoms with van der Waals surface area (Å²) in [4.78, 5) is 58.9. The number of carboxylic acid groups (broad SMARTS) is 1. The van der Waals surface area contributed by atoms with E-state index in [2.05, 4.69) is 10.3 Å². The van der Waals surface area contributed by atoms with Gasteiger partial charge < -0.3 is 20.3 Å². The number of carbonyl (C=O) groups excluding carboxylic acids is 3. The molecule has 188 valence electrons. The number of hydrogen-bond donors (Lipinski definition) is 3. The van der Waals surface area contributed by atoms with Gasteiger partial charge >= 0.3 is 12.0 Å². The number of imide groups is 1. The van der Waals surface area contributed by atoms with Crippen LogP contribution in [0.4, 0.5) is 4.79 Å². The summed E-state index contributed by atoms with van der Waals surface area (Å²) in [6.45, 7) is 9.49. The molecule has 2 aromatic rings. The van der Waals surface area contributed by atoms with Crippen molar-refractivity contribution in [3.63, 3.8) is 0 Å². The van der Waals surface area contributed by atoms with Crippen molar-refractivity contribution in [3.8, 4) is 0 Å². The highest BCUT2D eigenvalue weighted by Crippen LogP contribution is 2.45. The molecule has 3 N–H and O–H groups in total. The Morgan fingerprint density at radius 2 is 1.89 bits per heavy atom. The first-order valence-electron chi connectivity index (χ1n) is 12.3. The van der Waals surface area contributed by atoms with E-state index in [1.54, 1.807) is 13.8 Å². The van der Waals surface area contributed by atoms with Crippen LogP contribution in [0.3, 0.4) is 0 Å². The van der Waals surface area contributed by atoms with Crippen molar-refractivity contribution >= 4 is 34.7 Å². The van der Waals surface area contributed by atoms with Crippen LogP contribution in [-0.2, 0) is 26.3 Å². The van der Waals surface area contributed by atoms with E-state index in [9.17, 15) is 24.3 Å². The van der Waals surface area contributed by atoms with Crippen LogP contribution >= 0.6 is 0 Å². The van der Waals surface area contributed by atoms with Crippen LogP contribution in [0.25, 0.3) is 10.9 Å². The number of fused-ring (bicyclic) bond motifs is 5. The van der Waals surface area contributed by atoms with Crippen LogP contribution in [0.15, 0.2) is 24.3 Å². The van der Waals surface area contributed by atoms with Crippen molar-refractivity contribution in [1.82, 2.24) is 20.1 Å². The summed E-state index contributed by atoms with van der Waals surface area (Å²) in [6.07, 6.45) is 1.39. The SMILES string of the molecule is CC[C@@H](C)[C@H](NC(=O)[C@H](CC(C)C)N1C(=O)N2CCc3c([nH]c4ccccc34)[C@@]2(C)C1=O)C(=O)O. The van der Waals surface area contributed by atoms with Gasteiger partial charge in [-0.1, -0.05) is 52.3 Å². The average molecular weight is 483 g/mol. The molecule has 4 rings (SSSR count). The zero-order valence-electron chi connectivity index (χ0n) is 20.9. The van der Waals surface area contributed by atoms with E-state index in [0.717, 1.165) is 21.4 Å². The summed E-state index contributed by atoms with van der Waals surface area (Å²) in [7, 11) is 0. The van der Waals surface area contributed by atoms with E-state index in [4.69, 9.17) is 0 Å². The monoisotopic (exact) mass is 482 g/mol. The lowest BCUT2D eigenvalue weighted by Gasteiger charge is -2.36. The number of carbonyl (C=O) groups is 4. The molecule has 1 aromatic carbocycles. The molecule has 0 unspecified atom stereocenters. The van der Waals surface area contributed by atoms with Crippen molar-refractivity contribution in [1.29, 1.82) is 0 Å². The minimum atomic E-state index is -1.26. The highest BCUT2D eigenvalue weighted by atomic mass is 16.4. The number of hydrogen-bond acceptors (Lipinski definition) is 4. The number of nitrogens with zero attached hydrogens (tertiary/aromatic N) is 2. The van der Waals surface area contributed by atoms with E-state index in [1.165, 1.54) is 4.90 Å². The molecule has 1 fully saturated rings. The van der Waals surface area contributed by atoms with Gasteiger partial charge in [-0.25, -0.2) is 14.5 Å². The normalized spacial score (nSPS) is 22.2. The summed E-state index contributed by atoms with van der Waals surface area (Å²) in [6, 6.07) is 5.08. The summed E-state index contributed by atoms with van der Waals surface area (Å²) in [5.41, 5.74) is 1.32. The fourth-order valence-corrected chi connectivity index (χ4v) is 5.40. The minimum Gasteiger partial charge on any atom is -0.480 e. The zero-order chi connectivity index (χ0) is 25.7. The Balaban J connectivity index is 1.73. The van der Waals surface area contributed by atoms with Gasteiger partial charge in [0, 0.05) is 17.4 Å². The summed E-state index contributed by atoms with van der Waals surface area (Å²) in [5, 5.41) is 13.3. The maximum absolute atomic E-state index is 14.0. The second-order valence-electron chi connectivity index (χ2n) is 10.3. The van der Waals surface area contributed by atoms with Crippen molar-refractivity contribution in [2.24, 2.45) is 11.8 Å². The average Bonchev–Trinajstić information content (AvgIpc) is 3.29. The van der Waals surface area contributed by atoms with Gasteiger partial charge in [0.15, 0.2) is 5.54 Å². The van der Waals surface area contributed by atoms with E-state index in [-0.39, 0.29) is 18.3 Å². The van der Waals surface area contributed by atoms with Crippen LogP contribution in [-0.4, -0.2) is 62.3 Å². The second kappa shape index (κ2) is 9.02. The van der Waals surface area contributed by atoms with Gasteiger partial charge in [-0.15, -0.1) is 0 Å². The topological polar surface area (TPSA) is 123 Å². The van der Waals surface area contributed by atoms with Crippen LogP contribution < -0.4 is 5.32 Å². The number of H-pyrrole nitrogens is 1. The lowest BCUT2D eigenvalue weighted by molar-refractivity contribution is -0.145. The molecule has 35 heavy (non-hydrogen) atoms. The Kier molecular flexibility index (Phi) is 6.38. The molecular weight excluding hydrogens is 448 g/mol. The van der Waals surface area contributed by atoms with Crippen LogP contribution in [0, 0.1) is 11.8 Å². The fraction of sp³-hybridized carbons (Fsp3) is 0.538. The molecule has 4 amide bonds. The highest BCUT2D eigenvalue weighted by molar-refractivity contribution is 6.11. The summed E-state index contributed by atoms with van der Waals surface area (Å²) >= 11 is 0. The molecule has 1 aromatic heterocycles. The molecule has 2 aliphatic heterocycles. The van der Waals surface area contributed by atoms with E-state index < -0.39 is 41.4 Å². The molecule has 0 bridgehead atoms. The number of para-hydroxylation sites is 1. The first-order chi connectivity index (χ1) is 16.5. The van der Waals surface area contributed by atoms with Crippen molar-refractivity contribution in [2.45, 2.75) is 71.5 Å². The van der Waals surface area contributed by atoms with Crippen LogP contribution in [0.5, 0.6) is 0 Å². The van der Waals surface area contributed by atoms with E-state index in [0.29, 0.717) is 25.1 Å². The van der Waals surface area contributed by atoms with Gasteiger partial charge in [-0.2, -0.15) is 0 Å². The number of carboxylic acids is 1. The van der Waals surface area contributed by atoms with Gasteiger partial charge in [0.1, 0.15) is 12.1 Å². The Morgan fingerprint density at radius 1 is 1.20 bits per heavy atom. The number of benzene rings is 1. The number of amides is 4. The zero-order valence-corrected chi connectivity index (χ0v) is 20.9. The van der Waals surface area contributed by atoms with Crippen LogP contribution in [0.1, 0.15) is 58.7 Å². The largest absolute Gasteiger partial charge is 0.480 e. The predicted octanol–water partition coefficient (Wildman–Crippen LogP) is 3.23. The second-order valence-corrected chi connectivity index (χ2v) is 10.3. The van der Waals surface area contributed by atoms with Crippen molar-refractivity contribution < 1.29 is 24.3 Å².